The van der Waals surface area contributed by atoms with E-state index in [-0.39, 0.29) is 5.91 Å². The number of halogens is 1. The predicted octanol–water partition coefficient (Wildman–Crippen LogP) is 4.92. The van der Waals surface area contributed by atoms with E-state index in [4.69, 9.17) is 21.3 Å². The third kappa shape index (κ3) is 5.45. The van der Waals surface area contributed by atoms with Crippen molar-refractivity contribution < 1.29 is 9.53 Å². The van der Waals surface area contributed by atoms with Gasteiger partial charge in [0.25, 0.3) is 5.91 Å². The highest BCUT2D eigenvalue weighted by atomic mass is 35.5. The number of aryl methyl sites for hydroxylation is 1. The van der Waals surface area contributed by atoms with Crippen LogP contribution in [0.2, 0.25) is 5.02 Å². The quantitative estimate of drug-likeness (QED) is 0.350. The van der Waals surface area contributed by atoms with Gasteiger partial charge < -0.3 is 14.6 Å². The number of amides is 1. The maximum atomic E-state index is 12.3. The van der Waals surface area contributed by atoms with Gasteiger partial charge in [0.1, 0.15) is 17.3 Å². The molecule has 7 heteroatoms. The van der Waals surface area contributed by atoms with Crippen molar-refractivity contribution in [1.82, 2.24) is 19.9 Å². The molecule has 4 rings (SSSR count). The summed E-state index contributed by atoms with van der Waals surface area (Å²) in [5.74, 6) is 1.50. The number of fused-ring (bicyclic) bond motifs is 1. The van der Waals surface area contributed by atoms with Crippen LogP contribution in [0.4, 0.5) is 0 Å². The van der Waals surface area contributed by atoms with E-state index in [1.54, 1.807) is 24.4 Å². The molecule has 0 atom stereocenters. The van der Waals surface area contributed by atoms with Gasteiger partial charge in [0.2, 0.25) is 0 Å². The second-order valence-corrected chi connectivity index (χ2v) is 7.78. The number of hydrogen-bond acceptors (Lipinski definition) is 4. The van der Waals surface area contributed by atoms with Crippen LogP contribution < -0.4 is 10.1 Å². The zero-order chi connectivity index (χ0) is 22.2. The Balaban J connectivity index is 1.34. The average Bonchev–Trinajstić information content (AvgIpc) is 3.18. The lowest BCUT2D eigenvalue weighted by atomic mass is 10.2. The van der Waals surface area contributed by atoms with Gasteiger partial charge in [-0.15, -0.1) is 0 Å². The Morgan fingerprint density at radius 1 is 1.00 bits per heavy atom. The maximum absolute atomic E-state index is 12.3. The number of ether oxygens (including phenoxy) is 1. The fourth-order valence-electron chi connectivity index (χ4n) is 3.56. The van der Waals surface area contributed by atoms with Gasteiger partial charge in [0.15, 0.2) is 0 Å². The first-order valence-corrected chi connectivity index (χ1v) is 11.1. The van der Waals surface area contributed by atoms with Gasteiger partial charge in [0, 0.05) is 25.7 Å². The first-order valence-electron chi connectivity index (χ1n) is 10.7. The Kier molecular flexibility index (Phi) is 7.35. The summed E-state index contributed by atoms with van der Waals surface area (Å²) in [7, 11) is 0. The summed E-state index contributed by atoms with van der Waals surface area (Å²) in [4.78, 5) is 21.1. The van der Waals surface area contributed by atoms with Crippen LogP contribution >= 0.6 is 11.6 Å². The molecule has 0 saturated carbocycles. The minimum Gasteiger partial charge on any atom is -0.492 e. The summed E-state index contributed by atoms with van der Waals surface area (Å²) in [5.41, 5.74) is 2.48. The molecule has 2 heterocycles. The Hall–Kier alpha value is -3.38. The van der Waals surface area contributed by atoms with Gasteiger partial charge in [-0.25, -0.2) is 4.98 Å². The molecule has 6 nitrogen and oxygen atoms in total. The number of benzene rings is 2. The van der Waals surface area contributed by atoms with E-state index < -0.39 is 0 Å². The molecular formula is C25H25ClN4O2. The van der Waals surface area contributed by atoms with Crippen molar-refractivity contribution in [3.05, 3.63) is 89.5 Å². The van der Waals surface area contributed by atoms with Crippen molar-refractivity contribution in [3.8, 4) is 5.75 Å². The molecule has 0 aliphatic carbocycles. The van der Waals surface area contributed by atoms with Crippen LogP contribution in [0, 0.1) is 0 Å². The van der Waals surface area contributed by atoms with Crippen LogP contribution in [0.5, 0.6) is 5.75 Å². The van der Waals surface area contributed by atoms with Gasteiger partial charge in [-0.3, -0.25) is 9.78 Å². The van der Waals surface area contributed by atoms with Gasteiger partial charge in [0.05, 0.1) is 22.7 Å². The van der Waals surface area contributed by atoms with Crippen molar-refractivity contribution in [3.63, 3.8) is 0 Å². The molecule has 164 valence electrons. The predicted molar refractivity (Wildman–Crippen MR) is 126 cm³/mol. The molecule has 0 spiro atoms. The van der Waals surface area contributed by atoms with Crippen LogP contribution in [-0.4, -0.2) is 33.6 Å². The van der Waals surface area contributed by atoms with Crippen LogP contribution in [0.15, 0.2) is 72.9 Å². The van der Waals surface area contributed by atoms with Gasteiger partial charge >= 0.3 is 0 Å². The summed E-state index contributed by atoms with van der Waals surface area (Å²) >= 11 is 6.14. The van der Waals surface area contributed by atoms with E-state index in [0.29, 0.717) is 36.0 Å². The maximum Gasteiger partial charge on any atom is 0.269 e. The normalized spacial score (nSPS) is 10.9. The summed E-state index contributed by atoms with van der Waals surface area (Å²) in [6.45, 7) is 1.93. The number of unbranched alkanes of at least 4 members (excludes halogenated alkanes) is 1. The van der Waals surface area contributed by atoms with Crippen molar-refractivity contribution in [2.75, 3.05) is 13.2 Å². The lowest BCUT2D eigenvalue weighted by molar-refractivity contribution is 0.0949. The smallest absolute Gasteiger partial charge is 0.269 e. The van der Waals surface area contributed by atoms with Gasteiger partial charge in [-0.05, 0) is 49.2 Å². The Bertz CT molecular complexity index is 1180. The minimum absolute atomic E-state index is 0.176. The number of hydrogen-bond donors (Lipinski definition) is 1. The van der Waals surface area contributed by atoms with Crippen LogP contribution in [0.25, 0.3) is 11.0 Å². The number of nitrogens with zero attached hydrogens (tertiary/aromatic N) is 3. The van der Waals surface area contributed by atoms with E-state index in [9.17, 15) is 4.79 Å². The van der Waals surface area contributed by atoms with E-state index in [2.05, 4.69) is 20.9 Å². The second-order valence-electron chi connectivity index (χ2n) is 7.38. The minimum atomic E-state index is -0.176. The monoisotopic (exact) mass is 448 g/mol. The number of imidazole rings is 1. The van der Waals surface area contributed by atoms with Crippen molar-refractivity contribution in [2.24, 2.45) is 0 Å². The number of carbonyl (C=O) groups excluding carboxylic acids is 1. The Morgan fingerprint density at radius 2 is 1.81 bits per heavy atom. The zero-order valence-electron chi connectivity index (χ0n) is 17.7. The highest BCUT2D eigenvalue weighted by molar-refractivity contribution is 6.32. The van der Waals surface area contributed by atoms with Gasteiger partial charge in [-0.1, -0.05) is 41.9 Å². The fourth-order valence-corrected chi connectivity index (χ4v) is 3.75. The fraction of sp³-hybridized carbons (Fsp3) is 0.240. The van der Waals surface area contributed by atoms with Gasteiger partial charge in [-0.2, -0.15) is 0 Å². The number of nitrogens with one attached hydrogen (secondary N) is 1. The molecule has 0 aliphatic rings. The largest absolute Gasteiger partial charge is 0.492 e. The molecule has 0 aliphatic heterocycles. The van der Waals surface area contributed by atoms with Crippen LogP contribution in [0.3, 0.4) is 0 Å². The topological polar surface area (TPSA) is 69.0 Å². The molecule has 0 bridgehead atoms. The molecule has 32 heavy (non-hydrogen) atoms. The number of pyridine rings is 1. The third-order valence-electron chi connectivity index (χ3n) is 5.14. The summed E-state index contributed by atoms with van der Waals surface area (Å²) in [6.07, 6.45) is 4.10. The summed E-state index contributed by atoms with van der Waals surface area (Å²) < 4.78 is 8.03. The summed E-state index contributed by atoms with van der Waals surface area (Å²) in [6, 6.07) is 20.9. The molecular weight excluding hydrogens is 424 g/mol. The molecule has 0 radical (unpaired) electrons. The van der Waals surface area contributed by atoms with E-state index in [1.807, 2.05) is 42.5 Å². The number of aromatic nitrogens is 3. The molecule has 1 amide bonds. The molecule has 1 N–H and O–H groups in total. The average molecular weight is 449 g/mol. The highest BCUT2D eigenvalue weighted by Crippen LogP contribution is 2.23. The second kappa shape index (κ2) is 10.8. The SMILES string of the molecule is O=C(NCCc1nc2ccccc2n1CCCCOc1ccccc1Cl)c1ccccn1. The molecule has 2 aromatic carbocycles. The molecule has 0 saturated heterocycles. The van der Waals surface area contributed by atoms with Crippen molar-refractivity contribution >= 4 is 28.5 Å². The molecule has 0 fully saturated rings. The summed E-state index contributed by atoms with van der Waals surface area (Å²) in [5, 5.41) is 3.56. The third-order valence-corrected chi connectivity index (χ3v) is 5.45. The first-order chi connectivity index (χ1) is 15.7. The number of carbonyl (C=O) groups is 1. The van der Waals surface area contributed by atoms with Crippen molar-refractivity contribution in [1.29, 1.82) is 0 Å². The van der Waals surface area contributed by atoms with E-state index >= 15 is 0 Å². The van der Waals surface area contributed by atoms with Crippen molar-refractivity contribution in [2.45, 2.75) is 25.8 Å². The standard InChI is InChI=1S/C25H25ClN4O2/c26-19-9-1-4-13-23(19)32-18-8-7-17-30-22-12-3-2-10-20(22)29-24(30)14-16-28-25(31)21-11-5-6-15-27-21/h1-6,9-13,15H,7-8,14,16-18H2,(H,28,31). The zero-order valence-corrected chi connectivity index (χ0v) is 18.5. The molecule has 2 aromatic heterocycles. The van der Waals surface area contributed by atoms with Crippen LogP contribution in [-0.2, 0) is 13.0 Å². The number of para-hydroxylation sites is 3. The molecule has 0 unspecified atom stereocenters. The first kappa shape index (κ1) is 21.8. The number of rotatable bonds is 10. The Morgan fingerprint density at radius 3 is 2.66 bits per heavy atom. The van der Waals surface area contributed by atoms with E-state index in [0.717, 1.165) is 36.2 Å². The highest BCUT2D eigenvalue weighted by Gasteiger charge is 2.12. The lowest BCUT2D eigenvalue weighted by Gasteiger charge is -2.11. The van der Waals surface area contributed by atoms with E-state index in [1.165, 1.54) is 0 Å². The Labute approximate surface area is 192 Å². The molecule has 4 aromatic rings. The van der Waals surface area contributed by atoms with Crippen LogP contribution in [0.1, 0.15) is 29.2 Å². The lowest BCUT2D eigenvalue weighted by Crippen LogP contribution is -2.27.